The fourth-order valence-electron chi connectivity index (χ4n) is 2.01. The second-order valence-corrected chi connectivity index (χ2v) is 6.24. The van der Waals surface area contributed by atoms with Crippen molar-refractivity contribution in [3.63, 3.8) is 0 Å². The summed E-state index contributed by atoms with van der Waals surface area (Å²) < 4.78 is 28.5. The Labute approximate surface area is 111 Å². The van der Waals surface area contributed by atoms with Gasteiger partial charge in [0.15, 0.2) is 5.03 Å². The second kappa shape index (κ2) is 4.34. The van der Waals surface area contributed by atoms with Crippen molar-refractivity contribution >= 4 is 15.7 Å². The van der Waals surface area contributed by atoms with E-state index in [2.05, 4.69) is 14.8 Å². The van der Waals surface area contributed by atoms with Crippen LogP contribution in [0.4, 0.5) is 5.69 Å². The minimum atomic E-state index is -3.62. The molecule has 6 nitrogen and oxygen atoms in total. The number of rotatable bonds is 4. The highest BCUT2D eigenvalue weighted by atomic mass is 32.2. The van der Waals surface area contributed by atoms with E-state index >= 15 is 0 Å². The fraction of sp³-hybridized carbons (Fsp3) is 0.333. The highest BCUT2D eigenvalue weighted by Gasteiger charge is 2.29. The Morgan fingerprint density at radius 3 is 2.74 bits per heavy atom. The van der Waals surface area contributed by atoms with E-state index in [1.54, 1.807) is 25.4 Å². The zero-order valence-corrected chi connectivity index (χ0v) is 11.3. The Morgan fingerprint density at radius 2 is 2.11 bits per heavy atom. The molecule has 1 aliphatic carbocycles. The summed E-state index contributed by atoms with van der Waals surface area (Å²) in [5.74, 6) is 0.380. The first-order chi connectivity index (χ1) is 9.08. The van der Waals surface area contributed by atoms with Crippen LogP contribution in [0.15, 0.2) is 35.6 Å². The molecule has 3 rings (SSSR count). The van der Waals surface area contributed by atoms with Crippen molar-refractivity contribution in [2.45, 2.75) is 23.8 Å². The largest absolute Gasteiger partial charge is 0.279 e. The van der Waals surface area contributed by atoms with Gasteiger partial charge in [-0.25, -0.2) is 0 Å². The van der Waals surface area contributed by atoms with Gasteiger partial charge in [-0.2, -0.15) is 13.5 Å². The Kier molecular flexibility index (Phi) is 2.78. The summed E-state index contributed by atoms with van der Waals surface area (Å²) in [7, 11) is -2.02. The number of pyridine rings is 1. The topological polar surface area (TPSA) is 76.9 Å². The lowest BCUT2D eigenvalue weighted by Crippen LogP contribution is -2.17. The van der Waals surface area contributed by atoms with Gasteiger partial charge in [0.2, 0.25) is 0 Å². The molecular formula is C12H14N4O2S. The molecule has 0 atom stereocenters. The highest BCUT2D eigenvalue weighted by Crippen LogP contribution is 2.42. The zero-order chi connectivity index (χ0) is 13.5. The van der Waals surface area contributed by atoms with Crippen molar-refractivity contribution < 1.29 is 8.42 Å². The van der Waals surface area contributed by atoms with Gasteiger partial charge in [0.05, 0.1) is 17.6 Å². The van der Waals surface area contributed by atoms with Crippen LogP contribution in [0.25, 0.3) is 0 Å². The van der Waals surface area contributed by atoms with E-state index in [1.165, 1.54) is 16.9 Å². The monoisotopic (exact) mass is 278 g/mol. The average Bonchev–Trinajstić information content (AvgIpc) is 3.11. The number of hydrogen-bond acceptors (Lipinski definition) is 4. The van der Waals surface area contributed by atoms with E-state index in [0.29, 0.717) is 11.6 Å². The SMILES string of the molecule is Cn1nccc1S(=O)(=O)Nc1cccnc1C1CC1. The summed E-state index contributed by atoms with van der Waals surface area (Å²) in [5, 5.41) is 4.01. The number of aryl methyl sites for hydroxylation is 1. The van der Waals surface area contributed by atoms with Crippen LogP contribution in [0, 0.1) is 0 Å². The summed E-state index contributed by atoms with van der Waals surface area (Å²) in [5.41, 5.74) is 1.39. The van der Waals surface area contributed by atoms with E-state index in [-0.39, 0.29) is 5.03 Å². The summed E-state index contributed by atoms with van der Waals surface area (Å²) in [6.45, 7) is 0. The summed E-state index contributed by atoms with van der Waals surface area (Å²) in [4.78, 5) is 4.28. The molecule has 2 aromatic heterocycles. The zero-order valence-electron chi connectivity index (χ0n) is 10.4. The van der Waals surface area contributed by atoms with E-state index in [1.807, 2.05) is 0 Å². The maximum atomic E-state index is 12.3. The minimum absolute atomic E-state index is 0.137. The minimum Gasteiger partial charge on any atom is -0.276 e. The smallest absolute Gasteiger partial charge is 0.276 e. The molecule has 1 saturated carbocycles. The quantitative estimate of drug-likeness (QED) is 0.919. The summed E-state index contributed by atoms with van der Waals surface area (Å²) in [6, 6.07) is 4.94. The molecule has 1 N–H and O–H groups in total. The molecule has 0 amide bonds. The number of nitrogens with zero attached hydrogens (tertiary/aromatic N) is 3. The van der Waals surface area contributed by atoms with Gasteiger partial charge in [-0.3, -0.25) is 14.4 Å². The Morgan fingerprint density at radius 1 is 1.32 bits per heavy atom. The van der Waals surface area contributed by atoms with E-state index in [9.17, 15) is 8.42 Å². The van der Waals surface area contributed by atoms with Gasteiger partial charge in [-0.15, -0.1) is 0 Å². The lowest BCUT2D eigenvalue weighted by atomic mass is 10.2. The van der Waals surface area contributed by atoms with Gasteiger partial charge in [0.25, 0.3) is 10.0 Å². The van der Waals surface area contributed by atoms with Crippen molar-refractivity contribution in [1.82, 2.24) is 14.8 Å². The third-order valence-electron chi connectivity index (χ3n) is 3.10. The molecular weight excluding hydrogens is 264 g/mol. The molecule has 7 heteroatoms. The third-order valence-corrected chi connectivity index (χ3v) is 4.54. The number of nitrogens with one attached hydrogen (secondary N) is 1. The van der Waals surface area contributed by atoms with Crippen molar-refractivity contribution in [2.24, 2.45) is 7.05 Å². The Hall–Kier alpha value is -1.89. The summed E-state index contributed by atoms with van der Waals surface area (Å²) >= 11 is 0. The highest BCUT2D eigenvalue weighted by molar-refractivity contribution is 7.92. The number of aromatic nitrogens is 3. The van der Waals surface area contributed by atoms with Crippen molar-refractivity contribution in [3.05, 3.63) is 36.3 Å². The molecule has 100 valence electrons. The standard InChI is InChI=1S/C12H14N4O2S/c1-16-11(6-8-14-16)19(17,18)15-10-3-2-7-13-12(10)9-4-5-9/h2-3,6-9,15H,4-5H2,1H3. The van der Waals surface area contributed by atoms with Gasteiger partial charge in [-0.05, 0) is 31.0 Å². The summed E-state index contributed by atoms with van der Waals surface area (Å²) in [6.07, 6.45) is 5.28. The average molecular weight is 278 g/mol. The first-order valence-corrected chi connectivity index (χ1v) is 7.52. The molecule has 2 aromatic rings. The van der Waals surface area contributed by atoms with E-state index in [4.69, 9.17) is 0 Å². The molecule has 1 aliphatic rings. The molecule has 0 bridgehead atoms. The Balaban J connectivity index is 1.95. The molecule has 19 heavy (non-hydrogen) atoms. The van der Waals surface area contributed by atoms with Gasteiger partial charge in [0, 0.05) is 19.2 Å². The third kappa shape index (κ3) is 2.33. The number of hydrogen-bond donors (Lipinski definition) is 1. The van der Waals surface area contributed by atoms with Crippen molar-refractivity contribution in [1.29, 1.82) is 0 Å². The van der Waals surface area contributed by atoms with Gasteiger partial charge < -0.3 is 0 Å². The first kappa shape index (κ1) is 12.2. The number of sulfonamides is 1. The normalized spacial score (nSPS) is 15.4. The molecule has 0 aromatic carbocycles. The van der Waals surface area contributed by atoms with E-state index < -0.39 is 10.0 Å². The maximum absolute atomic E-state index is 12.3. The fourth-order valence-corrected chi connectivity index (χ4v) is 3.21. The first-order valence-electron chi connectivity index (χ1n) is 6.03. The van der Waals surface area contributed by atoms with Crippen LogP contribution in [0.5, 0.6) is 0 Å². The van der Waals surface area contributed by atoms with E-state index in [0.717, 1.165) is 18.5 Å². The van der Waals surface area contributed by atoms with Crippen LogP contribution < -0.4 is 4.72 Å². The van der Waals surface area contributed by atoms with Crippen molar-refractivity contribution in [3.8, 4) is 0 Å². The van der Waals surface area contributed by atoms with Gasteiger partial charge in [-0.1, -0.05) is 0 Å². The van der Waals surface area contributed by atoms with Crippen LogP contribution in [0.3, 0.4) is 0 Å². The lowest BCUT2D eigenvalue weighted by molar-refractivity contribution is 0.582. The van der Waals surface area contributed by atoms with Crippen LogP contribution in [-0.2, 0) is 17.1 Å². The molecule has 2 heterocycles. The van der Waals surface area contributed by atoms with Gasteiger partial charge in [0.1, 0.15) is 0 Å². The molecule has 0 spiro atoms. The van der Waals surface area contributed by atoms with Crippen LogP contribution >= 0.6 is 0 Å². The predicted octanol–water partition coefficient (Wildman–Crippen LogP) is 1.49. The van der Waals surface area contributed by atoms with Crippen LogP contribution in [0.2, 0.25) is 0 Å². The Bertz CT molecular complexity index is 704. The molecule has 1 fully saturated rings. The number of anilines is 1. The van der Waals surface area contributed by atoms with Gasteiger partial charge >= 0.3 is 0 Å². The maximum Gasteiger partial charge on any atom is 0.279 e. The van der Waals surface area contributed by atoms with Crippen LogP contribution in [-0.4, -0.2) is 23.2 Å². The molecule has 0 unspecified atom stereocenters. The molecule has 0 aliphatic heterocycles. The second-order valence-electron chi connectivity index (χ2n) is 4.61. The molecule has 0 radical (unpaired) electrons. The van der Waals surface area contributed by atoms with Crippen molar-refractivity contribution in [2.75, 3.05) is 4.72 Å². The van der Waals surface area contributed by atoms with Crippen LogP contribution in [0.1, 0.15) is 24.5 Å². The predicted molar refractivity (Wildman–Crippen MR) is 70.2 cm³/mol. The molecule has 0 saturated heterocycles. The lowest BCUT2D eigenvalue weighted by Gasteiger charge is -2.11.